The summed E-state index contributed by atoms with van der Waals surface area (Å²) in [5.74, 6) is 0. The minimum Gasteiger partial charge on any atom is -0.445 e. The third kappa shape index (κ3) is 4.73. The highest BCUT2D eigenvalue weighted by Gasteiger charge is 2.46. The molecule has 0 saturated carbocycles. The molecule has 0 N–H and O–H groups in total. The number of piperidine rings is 1. The Labute approximate surface area is 161 Å². The van der Waals surface area contributed by atoms with Crippen molar-refractivity contribution < 1.29 is 19.1 Å². The smallest absolute Gasteiger partial charge is 0.410 e. The minimum absolute atomic E-state index is 0.0931. The molecule has 1 aromatic rings. The molecule has 3 atom stereocenters. The maximum Gasteiger partial charge on any atom is 0.410 e. The fourth-order valence-electron chi connectivity index (χ4n) is 4.04. The highest BCUT2D eigenvalue weighted by Crippen LogP contribution is 2.38. The number of fused-ring (bicyclic) bond motifs is 2. The van der Waals surface area contributed by atoms with E-state index in [4.69, 9.17) is 9.47 Å². The molecule has 2 aliphatic rings. The van der Waals surface area contributed by atoms with Gasteiger partial charge in [-0.2, -0.15) is 0 Å². The van der Waals surface area contributed by atoms with Gasteiger partial charge in [-0.25, -0.2) is 9.59 Å². The van der Waals surface area contributed by atoms with Gasteiger partial charge < -0.3 is 19.3 Å². The number of rotatable bonds is 3. The van der Waals surface area contributed by atoms with E-state index in [9.17, 15) is 9.59 Å². The molecule has 0 aliphatic carbocycles. The minimum atomic E-state index is -0.508. The Morgan fingerprint density at radius 3 is 2.26 bits per heavy atom. The first-order valence-corrected chi connectivity index (χ1v) is 9.69. The van der Waals surface area contributed by atoms with Gasteiger partial charge in [0.1, 0.15) is 12.2 Å². The molecule has 1 aromatic carbocycles. The van der Waals surface area contributed by atoms with Crippen LogP contribution in [0, 0.1) is 0 Å². The number of ether oxygens (including phenoxy) is 2. The van der Waals surface area contributed by atoms with Crippen molar-refractivity contribution in [3.8, 4) is 0 Å². The third-order valence-electron chi connectivity index (χ3n) is 5.35. The number of benzene rings is 1. The summed E-state index contributed by atoms with van der Waals surface area (Å²) in [4.78, 5) is 28.6. The maximum absolute atomic E-state index is 12.6. The summed E-state index contributed by atoms with van der Waals surface area (Å²) in [7, 11) is 1.79. The molecule has 2 saturated heterocycles. The summed E-state index contributed by atoms with van der Waals surface area (Å²) in [5.41, 5.74) is 0.476. The van der Waals surface area contributed by atoms with Gasteiger partial charge in [-0.3, -0.25) is 0 Å². The zero-order chi connectivity index (χ0) is 19.6. The van der Waals surface area contributed by atoms with E-state index in [1.54, 1.807) is 11.9 Å². The first kappa shape index (κ1) is 19.5. The lowest BCUT2D eigenvalue weighted by Crippen LogP contribution is -2.53. The summed E-state index contributed by atoms with van der Waals surface area (Å²) < 4.78 is 11.0. The van der Waals surface area contributed by atoms with Crippen LogP contribution in [0.2, 0.25) is 0 Å². The van der Waals surface area contributed by atoms with E-state index in [1.807, 2.05) is 56.0 Å². The quantitative estimate of drug-likeness (QED) is 0.796. The van der Waals surface area contributed by atoms with Gasteiger partial charge in [0.05, 0.1) is 0 Å². The summed E-state index contributed by atoms with van der Waals surface area (Å²) >= 11 is 0. The monoisotopic (exact) mass is 374 g/mol. The number of carbonyl (C=O) groups is 2. The zero-order valence-electron chi connectivity index (χ0n) is 16.7. The molecule has 2 aliphatic heterocycles. The first-order valence-electron chi connectivity index (χ1n) is 9.69. The summed E-state index contributed by atoms with van der Waals surface area (Å²) in [6, 6.07) is 10.1. The lowest BCUT2D eigenvalue weighted by Gasteiger charge is -2.41. The number of amides is 2. The Balaban J connectivity index is 1.56. The molecular weight excluding hydrogens is 344 g/mol. The molecule has 6 heteroatoms. The molecule has 27 heavy (non-hydrogen) atoms. The van der Waals surface area contributed by atoms with Gasteiger partial charge in [-0.1, -0.05) is 30.3 Å². The molecule has 3 rings (SSSR count). The molecule has 148 valence electrons. The second-order valence-corrected chi connectivity index (χ2v) is 8.55. The number of nitrogens with zero attached hydrogens (tertiary/aromatic N) is 2. The Bertz CT molecular complexity index is 657. The average molecular weight is 374 g/mol. The van der Waals surface area contributed by atoms with Gasteiger partial charge in [0.25, 0.3) is 0 Å². The van der Waals surface area contributed by atoms with Crippen LogP contribution >= 0.6 is 0 Å². The van der Waals surface area contributed by atoms with Crippen molar-refractivity contribution in [3.05, 3.63) is 35.9 Å². The molecule has 2 fully saturated rings. The van der Waals surface area contributed by atoms with Gasteiger partial charge in [0.2, 0.25) is 0 Å². The van der Waals surface area contributed by atoms with Crippen LogP contribution in [0.25, 0.3) is 0 Å². The van der Waals surface area contributed by atoms with Gasteiger partial charge in [-0.15, -0.1) is 0 Å². The van der Waals surface area contributed by atoms with Gasteiger partial charge in [-0.05, 0) is 52.0 Å². The second kappa shape index (κ2) is 7.79. The van der Waals surface area contributed by atoms with E-state index in [0.717, 1.165) is 31.2 Å². The van der Waals surface area contributed by atoms with Crippen molar-refractivity contribution in [1.29, 1.82) is 0 Å². The molecule has 0 spiro atoms. The Morgan fingerprint density at radius 1 is 1.11 bits per heavy atom. The lowest BCUT2D eigenvalue weighted by atomic mass is 9.97. The van der Waals surface area contributed by atoms with Crippen molar-refractivity contribution in [1.82, 2.24) is 9.80 Å². The summed E-state index contributed by atoms with van der Waals surface area (Å²) in [5, 5.41) is 0. The predicted octanol–water partition coefficient (Wildman–Crippen LogP) is 4.19. The third-order valence-corrected chi connectivity index (χ3v) is 5.35. The van der Waals surface area contributed by atoms with Gasteiger partial charge >= 0.3 is 12.2 Å². The van der Waals surface area contributed by atoms with E-state index in [1.165, 1.54) is 0 Å². The maximum atomic E-state index is 12.6. The topological polar surface area (TPSA) is 59.1 Å². The van der Waals surface area contributed by atoms with E-state index >= 15 is 0 Å². The Hall–Kier alpha value is -2.24. The summed E-state index contributed by atoms with van der Waals surface area (Å²) in [6.07, 6.45) is 2.92. The van der Waals surface area contributed by atoms with Crippen LogP contribution in [0.5, 0.6) is 0 Å². The Kier molecular flexibility index (Phi) is 5.63. The molecule has 6 nitrogen and oxygen atoms in total. The van der Waals surface area contributed by atoms with Crippen LogP contribution in [0.3, 0.4) is 0 Å². The van der Waals surface area contributed by atoms with Crippen molar-refractivity contribution in [2.24, 2.45) is 0 Å². The van der Waals surface area contributed by atoms with Crippen molar-refractivity contribution >= 4 is 12.2 Å². The van der Waals surface area contributed by atoms with E-state index in [-0.39, 0.29) is 36.9 Å². The van der Waals surface area contributed by atoms with E-state index in [2.05, 4.69) is 0 Å². The van der Waals surface area contributed by atoms with E-state index < -0.39 is 5.60 Å². The predicted molar refractivity (Wildman–Crippen MR) is 102 cm³/mol. The molecule has 0 radical (unpaired) electrons. The lowest BCUT2D eigenvalue weighted by molar-refractivity contribution is 0.00625. The fraction of sp³-hybridized carbons (Fsp3) is 0.619. The SMILES string of the molecule is CN(C(=O)OC(C)(C)C)C1C[C@H]2CC[C@@H](C1)N2C(=O)OCc1ccccc1. The molecular formula is C21H30N2O4. The molecule has 2 heterocycles. The standard InChI is InChI=1S/C21H30N2O4/c1-21(2,3)27-19(24)22(4)18-12-16-10-11-17(13-18)23(16)20(25)26-14-15-8-6-5-7-9-15/h5-9,16-18H,10-14H2,1-4H3/t16-,17+,18?. The van der Waals surface area contributed by atoms with Gasteiger partial charge in [0.15, 0.2) is 0 Å². The summed E-state index contributed by atoms with van der Waals surface area (Å²) in [6.45, 7) is 5.90. The fourth-order valence-corrected chi connectivity index (χ4v) is 4.04. The van der Waals surface area contributed by atoms with Crippen LogP contribution in [-0.2, 0) is 16.1 Å². The van der Waals surface area contributed by atoms with E-state index in [0.29, 0.717) is 0 Å². The van der Waals surface area contributed by atoms with Crippen molar-refractivity contribution in [2.75, 3.05) is 7.05 Å². The van der Waals surface area contributed by atoms with Crippen LogP contribution in [0.4, 0.5) is 9.59 Å². The van der Waals surface area contributed by atoms with Crippen LogP contribution in [-0.4, -0.2) is 52.8 Å². The molecule has 1 unspecified atom stereocenters. The van der Waals surface area contributed by atoms with Gasteiger partial charge in [0, 0.05) is 25.2 Å². The number of hydrogen-bond donors (Lipinski definition) is 0. The van der Waals surface area contributed by atoms with Crippen LogP contribution < -0.4 is 0 Å². The normalized spacial score (nSPS) is 24.4. The number of carbonyl (C=O) groups excluding carboxylic acids is 2. The largest absolute Gasteiger partial charge is 0.445 e. The first-order chi connectivity index (χ1) is 12.7. The second-order valence-electron chi connectivity index (χ2n) is 8.55. The van der Waals surface area contributed by atoms with Crippen LogP contribution in [0.15, 0.2) is 30.3 Å². The van der Waals surface area contributed by atoms with Crippen molar-refractivity contribution in [2.45, 2.75) is 76.8 Å². The van der Waals surface area contributed by atoms with Crippen LogP contribution in [0.1, 0.15) is 52.0 Å². The Morgan fingerprint density at radius 2 is 1.70 bits per heavy atom. The molecule has 2 amide bonds. The zero-order valence-corrected chi connectivity index (χ0v) is 16.7. The van der Waals surface area contributed by atoms with Crippen molar-refractivity contribution in [3.63, 3.8) is 0 Å². The molecule has 2 bridgehead atoms. The number of hydrogen-bond acceptors (Lipinski definition) is 4. The average Bonchev–Trinajstić information content (AvgIpc) is 2.88. The molecule has 0 aromatic heterocycles. The highest BCUT2D eigenvalue weighted by atomic mass is 16.6. The highest BCUT2D eigenvalue weighted by molar-refractivity contribution is 5.70.